The third-order valence-corrected chi connectivity index (χ3v) is 4.86. The Morgan fingerprint density at radius 1 is 1.29 bits per heavy atom. The molecule has 1 aliphatic heterocycles. The highest BCUT2D eigenvalue weighted by molar-refractivity contribution is 9.10. The number of imide groups is 1. The van der Waals surface area contributed by atoms with Crippen LogP contribution in [0.2, 0.25) is 0 Å². The lowest BCUT2D eigenvalue weighted by atomic mass is 10.2. The normalized spacial score (nSPS) is 12.9. The summed E-state index contributed by atoms with van der Waals surface area (Å²) in [5, 5.41) is 14.3. The molecule has 0 bridgehead atoms. The molecule has 0 aliphatic carbocycles. The molecule has 9 nitrogen and oxygen atoms in total. The van der Waals surface area contributed by atoms with Gasteiger partial charge < -0.3 is 20.1 Å². The molecule has 0 unspecified atom stereocenters. The summed E-state index contributed by atoms with van der Waals surface area (Å²) >= 11 is 3.33. The highest BCUT2D eigenvalue weighted by atomic mass is 79.9. The highest BCUT2D eigenvalue weighted by Crippen LogP contribution is 2.36. The SMILES string of the molecule is CCOc1cc(C#N)cc(Br)c1OCC(=O)Nc1cccc(CN2C(=O)CNC2=O)c1. The number of nitriles is 1. The lowest BCUT2D eigenvalue weighted by Gasteiger charge is -2.15. The first-order valence-corrected chi connectivity index (χ1v) is 10.2. The van der Waals surface area contributed by atoms with Gasteiger partial charge in [0.05, 0.1) is 35.8 Å². The fraction of sp³-hybridized carbons (Fsp3) is 0.238. The van der Waals surface area contributed by atoms with Crippen LogP contribution in [0.4, 0.5) is 10.5 Å². The molecule has 3 rings (SSSR count). The summed E-state index contributed by atoms with van der Waals surface area (Å²) in [5.41, 5.74) is 1.59. The van der Waals surface area contributed by atoms with Crippen LogP contribution in [-0.2, 0) is 16.1 Å². The molecule has 0 saturated carbocycles. The van der Waals surface area contributed by atoms with Crippen LogP contribution in [0.15, 0.2) is 40.9 Å². The number of halogens is 1. The summed E-state index contributed by atoms with van der Waals surface area (Å²) in [6, 6.07) is 11.6. The van der Waals surface area contributed by atoms with Crippen LogP contribution in [-0.4, -0.2) is 42.5 Å². The second-order valence-corrected chi connectivity index (χ2v) is 7.36. The Kier molecular flexibility index (Phi) is 7.10. The van der Waals surface area contributed by atoms with E-state index in [9.17, 15) is 14.4 Å². The van der Waals surface area contributed by atoms with Crippen molar-refractivity contribution in [2.75, 3.05) is 25.1 Å². The van der Waals surface area contributed by atoms with Crippen LogP contribution in [0.25, 0.3) is 0 Å². The Balaban J connectivity index is 1.64. The standard InChI is InChI=1S/C21H19BrN4O5/c1-2-30-17-8-14(9-23)7-16(22)20(17)31-12-18(27)25-15-5-3-4-13(6-15)11-26-19(28)10-24-21(26)29/h3-8H,2,10-12H2,1H3,(H,24,29)(H,25,27). The zero-order valence-corrected chi connectivity index (χ0v) is 18.2. The number of amides is 4. The fourth-order valence-electron chi connectivity index (χ4n) is 2.92. The van der Waals surface area contributed by atoms with Gasteiger partial charge in [0.1, 0.15) is 0 Å². The van der Waals surface area contributed by atoms with Crippen LogP contribution in [0, 0.1) is 11.3 Å². The van der Waals surface area contributed by atoms with Crippen molar-refractivity contribution >= 4 is 39.5 Å². The quantitative estimate of drug-likeness (QED) is 0.553. The van der Waals surface area contributed by atoms with Crippen molar-refractivity contribution in [1.82, 2.24) is 10.2 Å². The Bertz CT molecular complexity index is 1050. The van der Waals surface area contributed by atoms with Crippen LogP contribution in [0.1, 0.15) is 18.1 Å². The summed E-state index contributed by atoms with van der Waals surface area (Å²) in [6.07, 6.45) is 0. The number of nitrogens with zero attached hydrogens (tertiary/aromatic N) is 2. The first-order valence-electron chi connectivity index (χ1n) is 9.37. The second-order valence-electron chi connectivity index (χ2n) is 6.51. The number of anilines is 1. The number of hydrogen-bond acceptors (Lipinski definition) is 6. The van der Waals surface area contributed by atoms with Crippen molar-refractivity contribution in [3.05, 3.63) is 52.0 Å². The van der Waals surface area contributed by atoms with Gasteiger partial charge in [0.25, 0.3) is 5.91 Å². The number of carbonyl (C=O) groups is 3. The van der Waals surface area contributed by atoms with Gasteiger partial charge in [-0.25, -0.2) is 4.79 Å². The molecule has 2 N–H and O–H groups in total. The Morgan fingerprint density at radius 2 is 2.10 bits per heavy atom. The Hall–Kier alpha value is -3.58. The molecular weight excluding hydrogens is 468 g/mol. The number of carbonyl (C=O) groups excluding carboxylic acids is 3. The molecule has 4 amide bonds. The average molecular weight is 487 g/mol. The van der Waals surface area contributed by atoms with E-state index in [0.717, 1.165) is 4.90 Å². The summed E-state index contributed by atoms with van der Waals surface area (Å²) in [5.74, 6) is -0.0307. The molecule has 0 spiro atoms. The van der Waals surface area contributed by atoms with Gasteiger partial charge in [0, 0.05) is 11.8 Å². The van der Waals surface area contributed by atoms with E-state index in [-0.39, 0.29) is 25.6 Å². The first-order chi connectivity index (χ1) is 14.9. The molecule has 2 aromatic rings. The van der Waals surface area contributed by atoms with E-state index in [4.69, 9.17) is 14.7 Å². The van der Waals surface area contributed by atoms with E-state index in [2.05, 4.69) is 26.6 Å². The minimum atomic E-state index is -0.439. The monoisotopic (exact) mass is 486 g/mol. The van der Waals surface area contributed by atoms with Crippen molar-refractivity contribution in [3.63, 3.8) is 0 Å². The van der Waals surface area contributed by atoms with Crippen LogP contribution >= 0.6 is 15.9 Å². The summed E-state index contributed by atoms with van der Waals surface area (Å²) in [4.78, 5) is 36.9. The zero-order valence-electron chi connectivity index (χ0n) is 16.6. The molecule has 0 aromatic heterocycles. The van der Waals surface area contributed by atoms with E-state index in [1.54, 1.807) is 43.3 Å². The van der Waals surface area contributed by atoms with Gasteiger partial charge in [-0.05, 0) is 46.6 Å². The molecule has 1 heterocycles. The lowest BCUT2D eigenvalue weighted by molar-refractivity contribution is -0.125. The summed E-state index contributed by atoms with van der Waals surface area (Å²) < 4.78 is 11.6. The molecule has 1 fully saturated rings. The minimum Gasteiger partial charge on any atom is -0.490 e. The maximum atomic E-state index is 12.4. The zero-order chi connectivity index (χ0) is 22.4. The molecule has 2 aromatic carbocycles. The first kappa shape index (κ1) is 22.1. The maximum absolute atomic E-state index is 12.4. The molecule has 31 heavy (non-hydrogen) atoms. The number of ether oxygens (including phenoxy) is 2. The fourth-order valence-corrected chi connectivity index (χ4v) is 3.47. The van der Waals surface area contributed by atoms with Crippen LogP contribution < -0.4 is 20.1 Å². The van der Waals surface area contributed by atoms with Crippen molar-refractivity contribution < 1.29 is 23.9 Å². The number of hydrogen-bond donors (Lipinski definition) is 2. The third kappa shape index (κ3) is 5.52. The summed E-state index contributed by atoms with van der Waals surface area (Å²) in [7, 11) is 0. The Labute approximate surface area is 187 Å². The molecule has 1 aliphatic rings. The number of benzene rings is 2. The van der Waals surface area contributed by atoms with Gasteiger partial charge in [-0.1, -0.05) is 12.1 Å². The topological polar surface area (TPSA) is 121 Å². The number of rotatable bonds is 8. The minimum absolute atomic E-state index is 0.0127. The van der Waals surface area contributed by atoms with Gasteiger partial charge in [0.15, 0.2) is 18.1 Å². The van der Waals surface area contributed by atoms with Gasteiger partial charge in [-0.2, -0.15) is 5.26 Å². The van der Waals surface area contributed by atoms with Gasteiger partial charge >= 0.3 is 6.03 Å². The Morgan fingerprint density at radius 3 is 2.77 bits per heavy atom. The van der Waals surface area contributed by atoms with Gasteiger partial charge in [-0.15, -0.1) is 0 Å². The molecule has 160 valence electrons. The van der Waals surface area contributed by atoms with Crippen LogP contribution in [0.5, 0.6) is 11.5 Å². The average Bonchev–Trinajstić information content (AvgIpc) is 3.05. The molecule has 0 atom stereocenters. The number of nitrogens with one attached hydrogen (secondary N) is 2. The largest absolute Gasteiger partial charge is 0.490 e. The van der Waals surface area contributed by atoms with Crippen molar-refractivity contribution in [2.45, 2.75) is 13.5 Å². The van der Waals surface area contributed by atoms with Crippen molar-refractivity contribution in [1.29, 1.82) is 5.26 Å². The van der Waals surface area contributed by atoms with Crippen molar-refractivity contribution in [3.8, 4) is 17.6 Å². The van der Waals surface area contributed by atoms with E-state index < -0.39 is 11.9 Å². The van der Waals surface area contributed by atoms with E-state index >= 15 is 0 Å². The van der Waals surface area contributed by atoms with Crippen molar-refractivity contribution in [2.24, 2.45) is 0 Å². The van der Waals surface area contributed by atoms with Gasteiger partial charge in [0.2, 0.25) is 5.91 Å². The molecule has 10 heteroatoms. The van der Waals surface area contributed by atoms with Gasteiger partial charge in [-0.3, -0.25) is 14.5 Å². The van der Waals surface area contributed by atoms with E-state index in [0.29, 0.717) is 39.4 Å². The predicted molar refractivity (Wildman–Crippen MR) is 115 cm³/mol. The smallest absolute Gasteiger partial charge is 0.324 e. The molecular formula is C21H19BrN4O5. The number of urea groups is 1. The maximum Gasteiger partial charge on any atom is 0.324 e. The second kappa shape index (κ2) is 9.95. The highest BCUT2D eigenvalue weighted by Gasteiger charge is 2.28. The predicted octanol–water partition coefficient (Wildman–Crippen LogP) is 2.79. The summed E-state index contributed by atoms with van der Waals surface area (Å²) in [6.45, 7) is 1.98. The molecule has 0 radical (unpaired) electrons. The third-order valence-electron chi connectivity index (χ3n) is 4.27. The molecule has 1 saturated heterocycles. The van der Waals surface area contributed by atoms with E-state index in [1.165, 1.54) is 0 Å². The van der Waals surface area contributed by atoms with Crippen LogP contribution in [0.3, 0.4) is 0 Å². The van der Waals surface area contributed by atoms with E-state index in [1.807, 2.05) is 6.07 Å². The lowest BCUT2D eigenvalue weighted by Crippen LogP contribution is -2.30.